The third-order valence-electron chi connectivity index (χ3n) is 2.36. The molecule has 0 amide bonds. The highest BCUT2D eigenvalue weighted by Gasteiger charge is 2.09. The van der Waals surface area contributed by atoms with Crippen LogP contribution >= 0.6 is 11.8 Å². The molecule has 0 aliphatic rings. The first kappa shape index (κ1) is 12.7. The highest BCUT2D eigenvalue weighted by molar-refractivity contribution is 7.99. The molecule has 0 saturated heterocycles. The van der Waals surface area contributed by atoms with E-state index < -0.39 is 0 Å². The molecular formula is C11H14N4O2S. The maximum absolute atomic E-state index is 5.09. The molecule has 0 aliphatic carbocycles. The van der Waals surface area contributed by atoms with Crippen LogP contribution in [0.4, 0.5) is 0 Å². The third-order valence-corrected chi connectivity index (χ3v) is 3.14. The van der Waals surface area contributed by atoms with Gasteiger partial charge in [0.05, 0.1) is 20.3 Å². The Bertz CT molecular complexity index is 514. The first-order valence-electron chi connectivity index (χ1n) is 5.28. The fourth-order valence-corrected chi connectivity index (χ4v) is 2.16. The fraction of sp³-hybridized carbons (Fsp3) is 0.364. The van der Waals surface area contributed by atoms with Crippen molar-refractivity contribution in [1.82, 2.24) is 19.7 Å². The van der Waals surface area contributed by atoms with Crippen molar-refractivity contribution in [2.24, 2.45) is 7.05 Å². The maximum atomic E-state index is 5.09. The maximum Gasteiger partial charge on any atom is 0.220 e. The predicted octanol–water partition coefficient (Wildman–Crippen LogP) is 1.69. The fourth-order valence-electron chi connectivity index (χ4n) is 1.31. The molecule has 0 unspecified atom stereocenters. The summed E-state index contributed by atoms with van der Waals surface area (Å²) >= 11 is 1.37. The quantitative estimate of drug-likeness (QED) is 0.785. The van der Waals surface area contributed by atoms with E-state index in [9.17, 15) is 0 Å². The van der Waals surface area contributed by atoms with Gasteiger partial charge in [-0.3, -0.25) is 4.68 Å². The third kappa shape index (κ3) is 2.73. The second-order valence-electron chi connectivity index (χ2n) is 3.58. The van der Waals surface area contributed by atoms with Crippen molar-refractivity contribution in [3.05, 3.63) is 17.8 Å². The summed E-state index contributed by atoms with van der Waals surface area (Å²) < 4.78 is 12.0. The van der Waals surface area contributed by atoms with E-state index in [0.29, 0.717) is 16.9 Å². The molecule has 0 saturated carbocycles. The van der Waals surface area contributed by atoms with E-state index >= 15 is 0 Å². The number of rotatable bonds is 4. The average Bonchev–Trinajstić information content (AvgIpc) is 2.67. The summed E-state index contributed by atoms with van der Waals surface area (Å²) in [6, 6.07) is 3.60. The number of aryl methyl sites for hydroxylation is 2. The molecule has 0 bridgehead atoms. The zero-order chi connectivity index (χ0) is 13.1. The molecule has 0 N–H and O–H groups in total. The van der Waals surface area contributed by atoms with Crippen LogP contribution in [0.5, 0.6) is 11.8 Å². The van der Waals surface area contributed by atoms with Gasteiger partial charge in [-0.15, -0.1) is 0 Å². The molecule has 0 atom stereocenters. The van der Waals surface area contributed by atoms with E-state index in [-0.39, 0.29) is 0 Å². The van der Waals surface area contributed by atoms with Gasteiger partial charge in [-0.1, -0.05) is 0 Å². The van der Waals surface area contributed by atoms with Gasteiger partial charge in [0.25, 0.3) is 0 Å². The standard InChI is InChI=1S/C11H14N4O2S/c1-7-5-10(14-15(7)2)18-11-12-8(16-3)6-9(13-11)17-4/h5-6H,1-4H3. The molecule has 7 heteroatoms. The summed E-state index contributed by atoms with van der Waals surface area (Å²) in [7, 11) is 5.01. The SMILES string of the molecule is COc1cc(OC)nc(Sc2cc(C)n(C)n2)n1. The van der Waals surface area contributed by atoms with E-state index in [1.54, 1.807) is 25.0 Å². The van der Waals surface area contributed by atoms with Crippen molar-refractivity contribution in [3.63, 3.8) is 0 Å². The lowest BCUT2D eigenvalue weighted by molar-refractivity contribution is 0.364. The van der Waals surface area contributed by atoms with Gasteiger partial charge in [-0.05, 0) is 24.8 Å². The van der Waals surface area contributed by atoms with Crippen LogP contribution in [0, 0.1) is 6.92 Å². The molecule has 96 valence electrons. The molecule has 0 radical (unpaired) electrons. The van der Waals surface area contributed by atoms with Crippen LogP contribution in [-0.2, 0) is 7.05 Å². The highest BCUT2D eigenvalue weighted by atomic mass is 32.2. The second kappa shape index (κ2) is 5.26. The number of nitrogens with zero attached hydrogens (tertiary/aromatic N) is 4. The van der Waals surface area contributed by atoms with Crippen molar-refractivity contribution in [2.75, 3.05) is 14.2 Å². The first-order chi connectivity index (χ1) is 8.62. The molecule has 0 spiro atoms. The molecule has 6 nitrogen and oxygen atoms in total. The van der Waals surface area contributed by atoms with E-state index in [1.807, 2.05) is 20.0 Å². The smallest absolute Gasteiger partial charge is 0.220 e. The van der Waals surface area contributed by atoms with Crippen LogP contribution < -0.4 is 9.47 Å². The largest absolute Gasteiger partial charge is 0.481 e. The van der Waals surface area contributed by atoms with Gasteiger partial charge in [-0.2, -0.15) is 15.1 Å². The van der Waals surface area contributed by atoms with E-state index in [4.69, 9.17) is 9.47 Å². The Morgan fingerprint density at radius 1 is 1.11 bits per heavy atom. The Morgan fingerprint density at radius 2 is 1.72 bits per heavy atom. The van der Waals surface area contributed by atoms with Gasteiger partial charge in [0.2, 0.25) is 16.9 Å². The predicted molar refractivity (Wildman–Crippen MR) is 67.2 cm³/mol. The van der Waals surface area contributed by atoms with Gasteiger partial charge < -0.3 is 9.47 Å². The molecule has 2 aromatic rings. The second-order valence-corrected chi connectivity index (χ2v) is 4.57. The Kier molecular flexibility index (Phi) is 3.71. The van der Waals surface area contributed by atoms with E-state index in [1.165, 1.54) is 11.8 Å². The minimum Gasteiger partial charge on any atom is -0.481 e. The monoisotopic (exact) mass is 266 g/mol. The summed E-state index contributed by atoms with van der Waals surface area (Å²) in [4.78, 5) is 8.47. The summed E-state index contributed by atoms with van der Waals surface area (Å²) in [6.45, 7) is 1.99. The number of hydrogen-bond acceptors (Lipinski definition) is 6. The Morgan fingerprint density at radius 3 is 2.17 bits per heavy atom. The lowest BCUT2D eigenvalue weighted by atomic mass is 10.5. The average molecular weight is 266 g/mol. The Balaban J connectivity index is 2.27. The van der Waals surface area contributed by atoms with Crippen molar-refractivity contribution in [3.8, 4) is 11.8 Å². The summed E-state index contributed by atoms with van der Waals surface area (Å²) in [5.74, 6) is 0.939. The van der Waals surface area contributed by atoms with Crippen LogP contribution in [0.15, 0.2) is 22.3 Å². The normalized spacial score (nSPS) is 10.4. The first-order valence-corrected chi connectivity index (χ1v) is 6.09. The van der Waals surface area contributed by atoms with Crippen molar-refractivity contribution in [2.45, 2.75) is 17.1 Å². The highest BCUT2D eigenvalue weighted by Crippen LogP contribution is 2.27. The number of ether oxygens (including phenoxy) is 2. The molecule has 0 fully saturated rings. The molecular weight excluding hydrogens is 252 g/mol. The number of aromatic nitrogens is 4. The number of methoxy groups -OCH3 is 2. The van der Waals surface area contributed by atoms with Crippen LogP contribution in [0.1, 0.15) is 5.69 Å². The molecule has 2 rings (SSSR count). The minimum absolute atomic E-state index is 0.469. The Hall–Kier alpha value is -1.76. The molecule has 0 aliphatic heterocycles. The van der Waals surface area contributed by atoms with Gasteiger partial charge in [0.1, 0.15) is 5.03 Å². The van der Waals surface area contributed by atoms with Crippen molar-refractivity contribution in [1.29, 1.82) is 0 Å². The van der Waals surface area contributed by atoms with Crippen molar-refractivity contribution >= 4 is 11.8 Å². The zero-order valence-electron chi connectivity index (χ0n) is 10.7. The van der Waals surface area contributed by atoms with Crippen LogP contribution in [0.2, 0.25) is 0 Å². The van der Waals surface area contributed by atoms with Gasteiger partial charge in [-0.25, -0.2) is 0 Å². The van der Waals surface area contributed by atoms with Gasteiger partial charge in [0.15, 0.2) is 0 Å². The lowest BCUT2D eigenvalue weighted by Gasteiger charge is -2.04. The summed E-state index contributed by atoms with van der Waals surface area (Å²) in [5.41, 5.74) is 1.08. The van der Waals surface area contributed by atoms with Crippen LogP contribution in [0.25, 0.3) is 0 Å². The molecule has 2 heterocycles. The minimum atomic E-state index is 0.469. The van der Waals surface area contributed by atoms with Crippen LogP contribution in [-0.4, -0.2) is 34.0 Å². The van der Waals surface area contributed by atoms with E-state index in [2.05, 4.69) is 15.1 Å². The van der Waals surface area contributed by atoms with Gasteiger partial charge in [0, 0.05) is 12.7 Å². The Labute approximate surface area is 109 Å². The van der Waals surface area contributed by atoms with Gasteiger partial charge >= 0.3 is 0 Å². The summed E-state index contributed by atoms with van der Waals surface area (Å²) in [5, 5.41) is 5.72. The topological polar surface area (TPSA) is 62.1 Å². The molecule has 0 aromatic carbocycles. The molecule has 18 heavy (non-hydrogen) atoms. The lowest BCUT2D eigenvalue weighted by Crippen LogP contribution is -1.96. The zero-order valence-corrected chi connectivity index (χ0v) is 11.5. The molecule has 2 aromatic heterocycles. The number of hydrogen-bond donors (Lipinski definition) is 0. The van der Waals surface area contributed by atoms with E-state index in [0.717, 1.165) is 10.7 Å². The van der Waals surface area contributed by atoms with Crippen molar-refractivity contribution < 1.29 is 9.47 Å². The van der Waals surface area contributed by atoms with Crippen LogP contribution in [0.3, 0.4) is 0 Å². The summed E-state index contributed by atoms with van der Waals surface area (Å²) in [6.07, 6.45) is 0.